The van der Waals surface area contributed by atoms with E-state index < -0.39 is 0 Å². The lowest BCUT2D eigenvalue weighted by molar-refractivity contribution is 0.259. The predicted molar refractivity (Wildman–Crippen MR) is 72.2 cm³/mol. The Morgan fingerprint density at radius 3 is 3.06 bits per heavy atom. The molecule has 0 saturated heterocycles. The molecule has 1 aromatic rings. The average Bonchev–Trinajstić information content (AvgIpc) is 3.11. The van der Waals surface area contributed by atoms with Crippen LogP contribution in [0.3, 0.4) is 0 Å². The van der Waals surface area contributed by atoms with Gasteiger partial charge >= 0.3 is 0 Å². The van der Waals surface area contributed by atoms with Crippen molar-refractivity contribution in [3.05, 3.63) is 35.3 Å². The molecule has 0 aromatic carbocycles. The summed E-state index contributed by atoms with van der Waals surface area (Å²) in [5, 5.41) is 3.55. The molecule has 0 spiro atoms. The van der Waals surface area contributed by atoms with E-state index in [4.69, 9.17) is 4.42 Å². The van der Waals surface area contributed by atoms with Gasteiger partial charge in [-0.3, -0.25) is 4.90 Å². The van der Waals surface area contributed by atoms with Crippen LogP contribution in [0.1, 0.15) is 37.5 Å². The van der Waals surface area contributed by atoms with Crippen molar-refractivity contribution in [2.24, 2.45) is 0 Å². The summed E-state index contributed by atoms with van der Waals surface area (Å²) < 4.78 is 5.64. The molecule has 3 heteroatoms. The Hall–Kier alpha value is -1.06. The van der Waals surface area contributed by atoms with E-state index in [2.05, 4.69) is 29.3 Å². The highest BCUT2D eigenvalue weighted by atomic mass is 16.3. The zero-order valence-corrected chi connectivity index (χ0v) is 11.1. The van der Waals surface area contributed by atoms with E-state index in [1.807, 2.05) is 6.26 Å². The van der Waals surface area contributed by atoms with Crippen molar-refractivity contribution < 1.29 is 4.42 Å². The Balaban J connectivity index is 1.56. The summed E-state index contributed by atoms with van der Waals surface area (Å²) in [7, 11) is 0. The predicted octanol–water partition coefficient (Wildman–Crippen LogP) is 2.68. The first-order chi connectivity index (χ1) is 8.81. The molecule has 0 radical (unpaired) electrons. The second-order valence-electron chi connectivity index (χ2n) is 5.56. The summed E-state index contributed by atoms with van der Waals surface area (Å²) in [5.41, 5.74) is 2.84. The molecule has 0 unspecified atom stereocenters. The van der Waals surface area contributed by atoms with Crippen LogP contribution in [0.25, 0.3) is 0 Å². The summed E-state index contributed by atoms with van der Waals surface area (Å²) in [4.78, 5) is 2.45. The van der Waals surface area contributed by atoms with Crippen LogP contribution >= 0.6 is 0 Å². The monoisotopic (exact) mass is 246 g/mol. The summed E-state index contributed by atoms with van der Waals surface area (Å²) in [6.45, 7) is 6.33. The highest BCUT2D eigenvalue weighted by Crippen LogP contribution is 2.21. The first kappa shape index (κ1) is 12.0. The van der Waals surface area contributed by atoms with Gasteiger partial charge in [0, 0.05) is 31.2 Å². The number of hydrogen-bond acceptors (Lipinski definition) is 3. The van der Waals surface area contributed by atoms with Gasteiger partial charge in [0.1, 0.15) is 5.76 Å². The SMILES string of the molecule is CC1=CCN(Cc2occc2CNC2CC2)CC1. The fraction of sp³-hybridized carbons (Fsp3) is 0.600. The topological polar surface area (TPSA) is 28.4 Å². The quantitative estimate of drug-likeness (QED) is 0.810. The van der Waals surface area contributed by atoms with Crippen molar-refractivity contribution in [2.45, 2.75) is 45.3 Å². The number of hydrogen-bond donors (Lipinski definition) is 1. The Labute approximate surface area is 109 Å². The van der Waals surface area contributed by atoms with Crippen molar-refractivity contribution in [1.29, 1.82) is 0 Å². The molecule has 0 atom stereocenters. The third-order valence-corrected chi connectivity index (χ3v) is 3.88. The molecule has 1 aliphatic carbocycles. The maximum absolute atomic E-state index is 5.64. The molecule has 98 valence electrons. The van der Waals surface area contributed by atoms with Crippen LogP contribution in [0.4, 0.5) is 0 Å². The van der Waals surface area contributed by atoms with E-state index in [9.17, 15) is 0 Å². The van der Waals surface area contributed by atoms with Gasteiger partial charge in [-0.15, -0.1) is 0 Å². The maximum Gasteiger partial charge on any atom is 0.122 e. The first-order valence-electron chi connectivity index (χ1n) is 6.98. The second-order valence-corrected chi connectivity index (χ2v) is 5.56. The minimum absolute atomic E-state index is 0.758. The molecule has 18 heavy (non-hydrogen) atoms. The lowest BCUT2D eigenvalue weighted by Crippen LogP contribution is -2.28. The smallest absolute Gasteiger partial charge is 0.122 e. The Bertz CT molecular complexity index is 431. The minimum Gasteiger partial charge on any atom is -0.468 e. The van der Waals surface area contributed by atoms with Crippen LogP contribution < -0.4 is 5.32 Å². The van der Waals surface area contributed by atoms with Crippen molar-refractivity contribution >= 4 is 0 Å². The molecule has 2 heterocycles. The van der Waals surface area contributed by atoms with Gasteiger partial charge < -0.3 is 9.73 Å². The highest BCUT2D eigenvalue weighted by molar-refractivity contribution is 5.18. The summed E-state index contributed by atoms with van der Waals surface area (Å²) in [6.07, 6.45) is 8.02. The summed E-state index contributed by atoms with van der Waals surface area (Å²) in [5.74, 6) is 1.14. The lowest BCUT2D eigenvalue weighted by Gasteiger charge is -2.24. The normalized spacial score (nSPS) is 21.1. The third kappa shape index (κ3) is 3.03. The number of furan rings is 1. The molecule has 1 N–H and O–H groups in total. The van der Waals surface area contributed by atoms with Crippen molar-refractivity contribution in [3.8, 4) is 0 Å². The van der Waals surface area contributed by atoms with E-state index in [0.717, 1.165) is 38.0 Å². The van der Waals surface area contributed by atoms with Gasteiger partial charge in [-0.25, -0.2) is 0 Å². The molecule has 1 aromatic heterocycles. The van der Waals surface area contributed by atoms with Gasteiger partial charge in [0.15, 0.2) is 0 Å². The molecular weight excluding hydrogens is 224 g/mol. The molecule has 0 amide bonds. The largest absolute Gasteiger partial charge is 0.468 e. The van der Waals surface area contributed by atoms with Crippen LogP contribution in [0.15, 0.2) is 28.4 Å². The van der Waals surface area contributed by atoms with Crippen LogP contribution in [0, 0.1) is 0 Å². The maximum atomic E-state index is 5.64. The zero-order chi connectivity index (χ0) is 12.4. The van der Waals surface area contributed by atoms with E-state index >= 15 is 0 Å². The minimum atomic E-state index is 0.758. The van der Waals surface area contributed by atoms with Gasteiger partial charge in [-0.1, -0.05) is 11.6 Å². The Morgan fingerprint density at radius 2 is 2.33 bits per heavy atom. The molecule has 3 rings (SSSR count). The average molecular weight is 246 g/mol. The number of nitrogens with zero attached hydrogens (tertiary/aromatic N) is 1. The Morgan fingerprint density at radius 1 is 1.44 bits per heavy atom. The van der Waals surface area contributed by atoms with E-state index in [0.29, 0.717) is 0 Å². The molecule has 2 aliphatic rings. The number of rotatable bonds is 5. The van der Waals surface area contributed by atoms with Gasteiger partial charge in [0.25, 0.3) is 0 Å². The van der Waals surface area contributed by atoms with E-state index in [-0.39, 0.29) is 0 Å². The highest BCUT2D eigenvalue weighted by Gasteiger charge is 2.21. The van der Waals surface area contributed by atoms with Crippen LogP contribution in [0.2, 0.25) is 0 Å². The molecular formula is C15H22N2O. The summed E-state index contributed by atoms with van der Waals surface area (Å²) in [6, 6.07) is 2.86. The van der Waals surface area contributed by atoms with Gasteiger partial charge in [-0.2, -0.15) is 0 Å². The van der Waals surface area contributed by atoms with Gasteiger partial charge in [0.2, 0.25) is 0 Å². The van der Waals surface area contributed by atoms with Crippen LogP contribution in [-0.4, -0.2) is 24.0 Å². The Kier molecular flexibility index (Phi) is 3.52. The molecule has 3 nitrogen and oxygen atoms in total. The van der Waals surface area contributed by atoms with Crippen molar-refractivity contribution in [3.63, 3.8) is 0 Å². The van der Waals surface area contributed by atoms with Gasteiger partial charge in [0.05, 0.1) is 12.8 Å². The van der Waals surface area contributed by atoms with Crippen LogP contribution in [-0.2, 0) is 13.1 Å². The van der Waals surface area contributed by atoms with Crippen LogP contribution in [0.5, 0.6) is 0 Å². The van der Waals surface area contributed by atoms with Gasteiger partial charge in [-0.05, 0) is 32.3 Å². The second kappa shape index (κ2) is 5.29. The molecule has 1 aliphatic heterocycles. The first-order valence-corrected chi connectivity index (χ1v) is 6.98. The molecule has 1 fully saturated rings. The number of nitrogens with one attached hydrogen (secondary N) is 1. The summed E-state index contributed by atoms with van der Waals surface area (Å²) >= 11 is 0. The molecule has 0 bridgehead atoms. The lowest BCUT2D eigenvalue weighted by atomic mass is 10.1. The standard InChI is InChI=1S/C15H22N2O/c1-12-4-7-17(8-5-12)11-15-13(6-9-18-15)10-16-14-2-3-14/h4,6,9,14,16H,2-3,5,7-8,10-11H2,1H3. The van der Waals surface area contributed by atoms with E-state index in [1.54, 1.807) is 0 Å². The third-order valence-electron chi connectivity index (χ3n) is 3.88. The van der Waals surface area contributed by atoms with Crippen molar-refractivity contribution in [2.75, 3.05) is 13.1 Å². The van der Waals surface area contributed by atoms with E-state index in [1.165, 1.54) is 30.4 Å². The zero-order valence-electron chi connectivity index (χ0n) is 11.1. The molecule has 1 saturated carbocycles. The fourth-order valence-corrected chi connectivity index (χ4v) is 2.36. The fourth-order valence-electron chi connectivity index (χ4n) is 2.36. The van der Waals surface area contributed by atoms with Crippen molar-refractivity contribution in [1.82, 2.24) is 10.2 Å².